The first-order chi connectivity index (χ1) is 14.8. The second-order valence-corrected chi connectivity index (χ2v) is 6.82. The monoisotopic (exact) mass is 365 g/mol. The van der Waals surface area contributed by atoms with E-state index < -0.39 is 6.17 Å². The van der Waals surface area contributed by atoms with Crippen LogP contribution in [0.2, 0.25) is 0 Å². The van der Waals surface area contributed by atoms with Gasteiger partial charge in [0.1, 0.15) is 0 Å². The molecule has 0 atom stereocenters. The lowest BCUT2D eigenvalue weighted by atomic mass is 10.1. The molecular weight excluding hydrogens is 338 g/mol. The molecule has 6 nitrogen and oxygen atoms in total. The van der Waals surface area contributed by atoms with Crippen LogP contribution in [0.15, 0.2) is 48.8 Å². The van der Waals surface area contributed by atoms with Crippen molar-refractivity contribution >= 4 is 16.7 Å². The summed E-state index contributed by atoms with van der Waals surface area (Å²) >= 11 is 0. The highest BCUT2D eigenvalue weighted by Gasteiger charge is 2.17. The normalized spacial score (nSPS) is 18.0. The van der Waals surface area contributed by atoms with Gasteiger partial charge < -0.3 is 4.90 Å². The van der Waals surface area contributed by atoms with E-state index in [2.05, 4.69) is 31.8 Å². The summed E-state index contributed by atoms with van der Waals surface area (Å²) in [6.45, 7) is 4.09. The van der Waals surface area contributed by atoms with Crippen molar-refractivity contribution in [3.63, 3.8) is 0 Å². The Labute approximate surface area is 164 Å². The van der Waals surface area contributed by atoms with Gasteiger partial charge >= 0.3 is 0 Å². The fraction of sp³-hybridized carbons (Fsp3) is 0.333. The molecule has 6 heteroatoms. The Hall–Kier alpha value is -2.70. The lowest BCUT2D eigenvalue weighted by Gasteiger charge is -2.31. The smallest absolute Gasteiger partial charge is 0.152 e. The maximum atomic E-state index is 12.5. The molecule has 1 aliphatic heterocycles. The van der Waals surface area contributed by atoms with Crippen molar-refractivity contribution < 1.29 is 10.3 Å². The van der Waals surface area contributed by atoms with E-state index in [-0.39, 0.29) is 36.0 Å². The van der Waals surface area contributed by atoms with Gasteiger partial charge in [-0.2, -0.15) is 0 Å². The van der Waals surface area contributed by atoms with Gasteiger partial charge in [-0.3, -0.25) is 19.7 Å². The number of nitrogens with zero attached hydrogens (tertiary/aromatic N) is 5. The highest BCUT2D eigenvalue weighted by molar-refractivity contribution is 5.85. The predicted molar refractivity (Wildman–Crippen MR) is 105 cm³/mol. The fourth-order valence-electron chi connectivity index (χ4n) is 3.16. The number of carbonyl (C=O) groups excluding carboxylic acids is 1. The third-order valence-electron chi connectivity index (χ3n) is 4.73. The van der Waals surface area contributed by atoms with Crippen LogP contribution in [0.3, 0.4) is 0 Å². The average molecular weight is 365 g/mol. The highest BCUT2D eigenvalue weighted by atomic mass is 16.1. The van der Waals surface area contributed by atoms with E-state index in [1.165, 1.54) is 0 Å². The number of piperazine rings is 1. The molecule has 1 fully saturated rings. The molecule has 27 heavy (non-hydrogen) atoms. The van der Waals surface area contributed by atoms with Gasteiger partial charge in [-0.1, -0.05) is 0 Å². The van der Waals surface area contributed by atoms with Crippen molar-refractivity contribution in [3.8, 4) is 11.3 Å². The van der Waals surface area contributed by atoms with Gasteiger partial charge in [-0.05, 0) is 37.3 Å². The molecule has 0 aliphatic carbocycles. The molecule has 4 heterocycles. The molecule has 3 aromatic heterocycles. The summed E-state index contributed by atoms with van der Waals surface area (Å²) in [4.78, 5) is 29.6. The summed E-state index contributed by atoms with van der Waals surface area (Å²) in [6.07, 6.45) is 1.22. The van der Waals surface area contributed by atoms with E-state index in [9.17, 15) is 4.79 Å². The number of Topliss-reactive ketones (excluding diaryl/α,β-unsaturated/α-hetero) is 1. The van der Waals surface area contributed by atoms with Crippen molar-refractivity contribution in [1.82, 2.24) is 24.8 Å². The number of aromatic nitrogens is 3. The first-order valence-electron chi connectivity index (χ1n) is 10.9. The zero-order chi connectivity index (χ0) is 22.1. The average Bonchev–Trinajstić information content (AvgIpc) is 2.73. The van der Waals surface area contributed by atoms with Crippen LogP contribution in [0.25, 0.3) is 22.2 Å². The van der Waals surface area contributed by atoms with Gasteiger partial charge in [0, 0.05) is 61.4 Å². The topological polar surface area (TPSA) is 62.2 Å². The summed E-state index contributed by atoms with van der Waals surface area (Å²) in [5.74, 6) is 0.100. The van der Waals surface area contributed by atoms with Crippen molar-refractivity contribution in [2.75, 3.05) is 39.8 Å². The SMILES string of the molecule is [2H]c1nc([2H])c(-c2ccc3cnc(CC(=O)CN4CCN(C)CC4)cc3n2)c([2H])c1[2H]. The standard InChI is InChI=1S/C21H23N5O/c1-25-7-9-26(10-8-25)15-19(27)11-18-12-21-17(14-23-18)4-5-20(24-21)16-3-2-6-22-13-16/h2-6,12-14H,7-11,15H2,1H3/i2D,3D,6D,13D. The Morgan fingerprint density at radius 2 is 2.11 bits per heavy atom. The van der Waals surface area contributed by atoms with Gasteiger partial charge in [-0.15, -0.1) is 0 Å². The molecule has 0 spiro atoms. The van der Waals surface area contributed by atoms with E-state index in [0.717, 1.165) is 31.6 Å². The number of hydrogen-bond acceptors (Lipinski definition) is 6. The maximum Gasteiger partial charge on any atom is 0.152 e. The fourth-order valence-corrected chi connectivity index (χ4v) is 3.16. The van der Waals surface area contributed by atoms with E-state index >= 15 is 0 Å². The van der Waals surface area contributed by atoms with E-state index in [0.29, 0.717) is 23.4 Å². The van der Waals surface area contributed by atoms with Crippen LogP contribution in [0.4, 0.5) is 0 Å². The van der Waals surface area contributed by atoms with E-state index in [4.69, 9.17) is 5.48 Å². The molecule has 1 aliphatic rings. The molecule has 0 bridgehead atoms. The Morgan fingerprint density at radius 1 is 1.26 bits per heavy atom. The molecule has 0 aromatic carbocycles. The quantitative estimate of drug-likeness (QED) is 0.690. The Balaban J connectivity index is 1.57. The first kappa shape index (κ1) is 13.5. The molecule has 0 saturated carbocycles. The van der Waals surface area contributed by atoms with Crippen LogP contribution < -0.4 is 0 Å². The molecule has 3 aromatic rings. The number of carbonyl (C=O) groups is 1. The lowest BCUT2D eigenvalue weighted by Crippen LogP contribution is -2.46. The zero-order valence-electron chi connectivity index (χ0n) is 19.2. The second-order valence-electron chi connectivity index (χ2n) is 6.82. The Bertz CT molecular complexity index is 1150. The first-order valence-corrected chi connectivity index (χ1v) is 8.95. The van der Waals surface area contributed by atoms with Gasteiger partial charge in [0.05, 0.1) is 29.7 Å². The summed E-state index contributed by atoms with van der Waals surface area (Å²) in [5.41, 5.74) is 1.67. The Kier molecular flexibility index (Phi) is 3.94. The van der Waals surface area contributed by atoms with Crippen LogP contribution in [0.5, 0.6) is 0 Å². The van der Waals surface area contributed by atoms with Crippen LogP contribution in [-0.2, 0) is 11.2 Å². The molecule has 0 N–H and O–H groups in total. The zero-order valence-corrected chi connectivity index (χ0v) is 15.2. The number of ketones is 1. The third-order valence-corrected chi connectivity index (χ3v) is 4.73. The van der Waals surface area contributed by atoms with Crippen molar-refractivity contribution in [2.45, 2.75) is 6.42 Å². The van der Waals surface area contributed by atoms with Crippen LogP contribution in [0.1, 0.15) is 11.2 Å². The van der Waals surface area contributed by atoms with Gasteiger partial charge in [0.2, 0.25) is 0 Å². The number of likely N-dealkylation sites (N-methyl/N-ethyl adjacent to an activating group) is 1. The van der Waals surface area contributed by atoms with Crippen LogP contribution in [-0.4, -0.2) is 70.3 Å². The molecule has 4 rings (SSSR count). The summed E-state index contributed by atoms with van der Waals surface area (Å²) in [5, 5.41) is 0.772. The molecular formula is C21H23N5O. The van der Waals surface area contributed by atoms with Gasteiger partial charge in [0.15, 0.2) is 5.78 Å². The number of rotatable bonds is 5. The summed E-state index contributed by atoms with van der Waals surface area (Å²) in [7, 11) is 2.08. The van der Waals surface area contributed by atoms with Crippen molar-refractivity contribution in [3.05, 3.63) is 54.5 Å². The maximum absolute atomic E-state index is 12.5. The summed E-state index contributed by atoms with van der Waals surface area (Å²) in [6, 6.07) is 4.60. The second kappa shape index (κ2) is 7.90. The largest absolute Gasteiger partial charge is 0.304 e. The van der Waals surface area contributed by atoms with Crippen molar-refractivity contribution in [2.24, 2.45) is 0 Å². The number of pyridine rings is 3. The van der Waals surface area contributed by atoms with Crippen LogP contribution in [0, 0.1) is 0 Å². The van der Waals surface area contributed by atoms with E-state index in [1.54, 1.807) is 24.4 Å². The molecule has 0 radical (unpaired) electrons. The third kappa shape index (κ3) is 4.35. The van der Waals surface area contributed by atoms with Gasteiger partial charge in [-0.25, -0.2) is 4.98 Å². The predicted octanol–water partition coefficient (Wildman–Crippen LogP) is 2.05. The summed E-state index contributed by atoms with van der Waals surface area (Å²) < 4.78 is 31.5. The molecule has 0 unspecified atom stereocenters. The van der Waals surface area contributed by atoms with Crippen molar-refractivity contribution in [1.29, 1.82) is 0 Å². The highest BCUT2D eigenvalue weighted by Crippen LogP contribution is 2.20. The van der Waals surface area contributed by atoms with Gasteiger partial charge in [0.25, 0.3) is 0 Å². The van der Waals surface area contributed by atoms with E-state index in [1.807, 2.05) is 0 Å². The number of fused-ring (bicyclic) bond motifs is 1. The minimum atomic E-state index is -0.398. The van der Waals surface area contributed by atoms with Crippen LogP contribution >= 0.6 is 0 Å². The molecule has 138 valence electrons. The molecule has 1 saturated heterocycles. The Morgan fingerprint density at radius 3 is 2.96 bits per heavy atom. The minimum absolute atomic E-state index is 0.100. The number of hydrogen-bond donors (Lipinski definition) is 0. The molecule has 0 amide bonds. The lowest BCUT2D eigenvalue weighted by molar-refractivity contribution is -0.120. The minimum Gasteiger partial charge on any atom is -0.304 e.